The maximum Gasteiger partial charge on any atom is 0.251 e. The molecule has 1 aliphatic carbocycles. The Morgan fingerprint density at radius 3 is 2.41 bits per heavy atom. The van der Waals surface area contributed by atoms with Crippen molar-refractivity contribution in [3.8, 4) is 0 Å². The molecule has 0 radical (unpaired) electrons. The molecule has 0 unspecified atom stereocenters. The second kappa shape index (κ2) is 7.58. The highest BCUT2D eigenvalue weighted by Gasteiger charge is 2.27. The molecule has 5 heteroatoms. The van der Waals surface area contributed by atoms with Crippen LogP contribution in [0.4, 0.5) is 0 Å². The smallest absolute Gasteiger partial charge is 0.251 e. The van der Waals surface area contributed by atoms with E-state index in [9.17, 15) is 9.59 Å². The van der Waals surface area contributed by atoms with Crippen LogP contribution >= 0.6 is 0 Å². The van der Waals surface area contributed by atoms with Crippen LogP contribution in [-0.2, 0) is 6.42 Å². The van der Waals surface area contributed by atoms with Gasteiger partial charge in [0.15, 0.2) is 0 Å². The summed E-state index contributed by atoms with van der Waals surface area (Å²) in [5.74, 6) is 0.988. The minimum absolute atomic E-state index is 0.136. The van der Waals surface area contributed by atoms with Crippen LogP contribution in [0, 0.1) is 0 Å². The first kappa shape index (κ1) is 17.2. The predicted molar refractivity (Wildman–Crippen MR) is 104 cm³/mol. The lowest BCUT2D eigenvalue weighted by molar-refractivity contribution is 0.0936. The van der Waals surface area contributed by atoms with E-state index in [1.165, 1.54) is 6.07 Å². The molecule has 0 saturated heterocycles. The average molecular weight is 359 g/mol. The van der Waals surface area contributed by atoms with Gasteiger partial charge in [-0.1, -0.05) is 48.5 Å². The molecule has 0 aliphatic heterocycles. The number of nitrogens with zero attached hydrogens (tertiary/aromatic N) is 1. The first-order valence-corrected chi connectivity index (χ1v) is 9.20. The molecule has 2 N–H and O–H groups in total. The van der Waals surface area contributed by atoms with Crippen molar-refractivity contribution in [2.45, 2.75) is 31.2 Å². The molecule has 2 aromatic carbocycles. The Balaban J connectivity index is 1.61. The second-order valence-electron chi connectivity index (χ2n) is 6.90. The monoisotopic (exact) mass is 359 g/mol. The Labute approximate surface area is 157 Å². The molecule has 5 nitrogen and oxygen atoms in total. The zero-order valence-electron chi connectivity index (χ0n) is 14.9. The summed E-state index contributed by atoms with van der Waals surface area (Å²) in [6, 6.07) is 20.2. The SMILES string of the molecule is O=C(N[C@H](Cc1cc(=O)[nH]c(C2CC2)n1)c1ccccc1)c1ccccc1. The van der Waals surface area contributed by atoms with E-state index in [-0.39, 0.29) is 17.5 Å². The van der Waals surface area contributed by atoms with Crippen LogP contribution in [0.25, 0.3) is 0 Å². The molecule has 1 aromatic heterocycles. The Morgan fingerprint density at radius 2 is 1.74 bits per heavy atom. The van der Waals surface area contributed by atoms with Crippen LogP contribution in [0.15, 0.2) is 71.5 Å². The third-order valence-electron chi connectivity index (χ3n) is 4.73. The standard InChI is InChI=1S/C22H21N3O2/c26-20-14-18(23-21(25-20)16-11-12-16)13-19(15-7-3-1-4-8-15)24-22(27)17-9-5-2-6-10-17/h1-10,14,16,19H,11-13H2,(H,24,27)(H,23,25,26)/t19-/m1/s1. The summed E-state index contributed by atoms with van der Waals surface area (Å²) in [5, 5.41) is 3.09. The maximum atomic E-state index is 12.7. The fourth-order valence-electron chi connectivity index (χ4n) is 3.16. The summed E-state index contributed by atoms with van der Waals surface area (Å²) in [4.78, 5) is 32.2. The number of amides is 1. The van der Waals surface area contributed by atoms with E-state index in [2.05, 4.69) is 15.3 Å². The molecule has 0 spiro atoms. The molecule has 1 heterocycles. The number of aromatic nitrogens is 2. The van der Waals surface area contributed by atoms with Gasteiger partial charge in [0, 0.05) is 24.0 Å². The van der Waals surface area contributed by atoms with Crippen molar-refractivity contribution in [1.82, 2.24) is 15.3 Å². The van der Waals surface area contributed by atoms with Gasteiger partial charge in [0.05, 0.1) is 11.7 Å². The first-order chi connectivity index (χ1) is 13.2. The summed E-state index contributed by atoms with van der Waals surface area (Å²) in [6.07, 6.45) is 2.60. The number of aromatic amines is 1. The van der Waals surface area contributed by atoms with Gasteiger partial charge in [0.25, 0.3) is 11.5 Å². The third kappa shape index (κ3) is 4.31. The molecule has 27 heavy (non-hydrogen) atoms. The van der Waals surface area contributed by atoms with Gasteiger partial charge < -0.3 is 10.3 Å². The van der Waals surface area contributed by atoms with Crippen molar-refractivity contribution in [2.24, 2.45) is 0 Å². The number of carbonyl (C=O) groups excluding carboxylic acids is 1. The van der Waals surface area contributed by atoms with E-state index >= 15 is 0 Å². The predicted octanol–water partition coefficient (Wildman–Crippen LogP) is 3.36. The van der Waals surface area contributed by atoms with E-state index in [1.54, 1.807) is 12.1 Å². The van der Waals surface area contributed by atoms with Crippen LogP contribution in [0.5, 0.6) is 0 Å². The van der Waals surface area contributed by atoms with Crippen LogP contribution < -0.4 is 10.9 Å². The molecule has 1 aliphatic rings. The molecule has 3 aromatic rings. The largest absolute Gasteiger partial charge is 0.345 e. The molecular weight excluding hydrogens is 338 g/mol. The average Bonchev–Trinajstić information content (AvgIpc) is 3.54. The maximum absolute atomic E-state index is 12.7. The molecular formula is C22H21N3O2. The number of rotatable bonds is 6. The van der Waals surface area contributed by atoms with Crippen molar-refractivity contribution in [3.05, 3.63) is 99.7 Å². The van der Waals surface area contributed by atoms with Crippen molar-refractivity contribution in [1.29, 1.82) is 0 Å². The number of benzene rings is 2. The van der Waals surface area contributed by atoms with Crippen molar-refractivity contribution < 1.29 is 4.79 Å². The summed E-state index contributed by atoms with van der Waals surface area (Å²) in [7, 11) is 0. The number of carbonyl (C=O) groups is 1. The van der Waals surface area contributed by atoms with Gasteiger partial charge >= 0.3 is 0 Å². The quantitative estimate of drug-likeness (QED) is 0.709. The lowest BCUT2D eigenvalue weighted by Crippen LogP contribution is -2.30. The molecule has 1 atom stereocenters. The number of H-pyrrole nitrogens is 1. The molecule has 136 valence electrons. The van der Waals surface area contributed by atoms with Crippen LogP contribution in [0.3, 0.4) is 0 Å². The van der Waals surface area contributed by atoms with E-state index in [0.29, 0.717) is 23.6 Å². The summed E-state index contributed by atoms with van der Waals surface area (Å²) in [6.45, 7) is 0. The van der Waals surface area contributed by atoms with Crippen LogP contribution in [0.1, 0.15) is 52.2 Å². The highest BCUT2D eigenvalue weighted by molar-refractivity contribution is 5.94. The van der Waals surface area contributed by atoms with Crippen molar-refractivity contribution >= 4 is 5.91 Å². The highest BCUT2D eigenvalue weighted by atomic mass is 16.1. The van der Waals surface area contributed by atoms with Crippen LogP contribution in [-0.4, -0.2) is 15.9 Å². The molecule has 1 fully saturated rings. The molecule has 1 saturated carbocycles. The lowest BCUT2D eigenvalue weighted by Gasteiger charge is -2.19. The van der Waals surface area contributed by atoms with E-state index in [0.717, 1.165) is 24.2 Å². The fourth-order valence-corrected chi connectivity index (χ4v) is 3.16. The van der Waals surface area contributed by atoms with Gasteiger partial charge in [0.2, 0.25) is 0 Å². The van der Waals surface area contributed by atoms with Crippen LogP contribution in [0.2, 0.25) is 0 Å². The Hall–Kier alpha value is -3.21. The molecule has 0 bridgehead atoms. The third-order valence-corrected chi connectivity index (χ3v) is 4.73. The second-order valence-corrected chi connectivity index (χ2v) is 6.90. The highest BCUT2D eigenvalue weighted by Crippen LogP contribution is 2.37. The van der Waals surface area contributed by atoms with E-state index in [4.69, 9.17) is 0 Å². The minimum Gasteiger partial charge on any atom is -0.345 e. The topological polar surface area (TPSA) is 74.8 Å². The van der Waals surface area contributed by atoms with Crippen molar-refractivity contribution in [2.75, 3.05) is 0 Å². The zero-order valence-corrected chi connectivity index (χ0v) is 14.9. The van der Waals surface area contributed by atoms with Gasteiger partial charge in [-0.25, -0.2) is 4.98 Å². The summed E-state index contributed by atoms with van der Waals surface area (Å²) in [5.41, 5.74) is 2.15. The van der Waals surface area contributed by atoms with Gasteiger partial charge in [-0.15, -0.1) is 0 Å². The number of nitrogens with one attached hydrogen (secondary N) is 2. The first-order valence-electron chi connectivity index (χ1n) is 9.20. The van der Waals surface area contributed by atoms with E-state index in [1.807, 2.05) is 48.5 Å². The van der Waals surface area contributed by atoms with Gasteiger partial charge in [0.1, 0.15) is 5.82 Å². The minimum atomic E-state index is -0.264. The Kier molecular flexibility index (Phi) is 4.83. The zero-order chi connectivity index (χ0) is 18.6. The van der Waals surface area contributed by atoms with E-state index < -0.39 is 0 Å². The normalized spacial score (nSPS) is 14.5. The molecule has 1 amide bonds. The van der Waals surface area contributed by atoms with Gasteiger partial charge in [-0.2, -0.15) is 0 Å². The summed E-state index contributed by atoms with van der Waals surface area (Å²) < 4.78 is 0. The Bertz CT molecular complexity index is 979. The van der Waals surface area contributed by atoms with Crippen molar-refractivity contribution in [3.63, 3.8) is 0 Å². The Morgan fingerprint density at radius 1 is 1.07 bits per heavy atom. The number of hydrogen-bond donors (Lipinski definition) is 2. The fraction of sp³-hybridized carbons (Fsp3) is 0.227. The molecule has 4 rings (SSSR count). The lowest BCUT2D eigenvalue weighted by atomic mass is 10.0. The van der Waals surface area contributed by atoms with Gasteiger partial charge in [-0.05, 0) is 30.5 Å². The van der Waals surface area contributed by atoms with Gasteiger partial charge in [-0.3, -0.25) is 9.59 Å². The summed E-state index contributed by atoms with van der Waals surface area (Å²) >= 11 is 0. The number of hydrogen-bond acceptors (Lipinski definition) is 3.